The SMILES string of the molecule is CCc1ccc(CCC(=O)Nc2ccc(OC)c(NC(=O)c3cccc(F)c3)c2)cc1. The molecule has 0 fully saturated rings. The second-order valence-corrected chi connectivity index (χ2v) is 7.10. The zero-order chi connectivity index (χ0) is 22.2. The number of carbonyl (C=O) groups is 2. The molecule has 0 aliphatic carbocycles. The van der Waals surface area contributed by atoms with Crippen LogP contribution in [0.15, 0.2) is 66.7 Å². The van der Waals surface area contributed by atoms with Crippen LogP contribution in [0.3, 0.4) is 0 Å². The van der Waals surface area contributed by atoms with Crippen LogP contribution in [0, 0.1) is 5.82 Å². The Hall–Kier alpha value is -3.67. The maximum Gasteiger partial charge on any atom is 0.255 e. The van der Waals surface area contributed by atoms with E-state index in [1.807, 2.05) is 12.1 Å². The quantitative estimate of drug-likeness (QED) is 0.525. The Balaban J connectivity index is 1.64. The first kappa shape index (κ1) is 22.0. The van der Waals surface area contributed by atoms with Crippen LogP contribution >= 0.6 is 0 Å². The number of carbonyl (C=O) groups excluding carboxylic acids is 2. The summed E-state index contributed by atoms with van der Waals surface area (Å²) in [4.78, 5) is 24.8. The number of anilines is 2. The van der Waals surface area contributed by atoms with E-state index >= 15 is 0 Å². The van der Waals surface area contributed by atoms with E-state index in [4.69, 9.17) is 4.74 Å². The van der Waals surface area contributed by atoms with Gasteiger partial charge in [-0.1, -0.05) is 37.3 Å². The van der Waals surface area contributed by atoms with E-state index in [1.54, 1.807) is 18.2 Å². The molecule has 0 radical (unpaired) electrons. The van der Waals surface area contributed by atoms with Crippen molar-refractivity contribution in [3.63, 3.8) is 0 Å². The molecule has 3 aromatic carbocycles. The minimum Gasteiger partial charge on any atom is -0.495 e. The molecular formula is C25H25FN2O3. The molecular weight excluding hydrogens is 395 g/mol. The van der Waals surface area contributed by atoms with E-state index < -0.39 is 11.7 Å². The van der Waals surface area contributed by atoms with Crippen LogP contribution in [0.4, 0.5) is 15.8 Å². The summed E-state index contributed by atoms with van der Waals surface area (Å²) in [6, 6.07) is 18.6. The van der Waals surface area contributed by atoms with Crippen molar-refractivity contribution in [1.82, 2.24) is 0 Å². The van der Waals surface area contributed by atoms with Gasteiger partial charge < -0.3 is 15.4 Å². The Morgan fingerprint density at radius 1 is 0.935 bits per heavy atom. The van der Waals surface area contributed by atoms with Gasteiger partial charge in [0, 0.05) is 17.7 Å². The molecule has 0 heterocycles. The highest BCUT2D eigenvalue weighted by molar-refractivity contribution is 6.05. The number of hydrogen-bond donors (Lipinski definition) is 2. The van der Waals surface area contributed by atoms with Gasteiger partial charge >= 0.3 is 0 Å². The number of methoxy groups -OCH3 is 1. The first-order chi connectivity index (χ1) is 15.0. The number of ether oxygens (including phenoxy) is 1. The topological polar surface area (TPSA) is 67.4 Å². The summed E-state index contributed by atoms with van der Waals surface area (Å²) in [6.45, 7) is 2.10. The molecule has 0 unspecified atom stereocenters. The van der Waals surface area contributed by atoms with E-state index in [9.17, 15) is 14.0 Å². The molecule has 5 nitrogen and oxygen atoms in total. The van der Waals surface area contributed by atoms with Gasteiger partial charge in [0.05, 0.1) is 12.8 Å². The fraction of sp³-hybridized carbons (Fsp3) is 0.200. The van der Waals surface area contributed by atoms with Crippen molar-refractivity contribution in [1.29, 1.82) is 0 Å². The first-order valence-electron chi connectivity index (χ1n) is 10.1. The minimum atomic E-state index is -0.495. The highest BCUT2D eigenvalue weighted by Gasteiger charge is 2.12. The largest absolute Gasteiger partial charge is 0.495 e. The maximum atomic E-state index is 13.4. The average Bonchev–Trinajstić information content (AvgIpc) is 2.78. The molecule has 0 atom stereocenters. The summed E-state index contributed by atoms with van der Waals surface area (Å²) in [5.41, 5.74) is 3.46. The molecule has 0 aromatic heterocycles. The highest BCUT2D eigenvalue weighted by Crippen LogP contribution is 2.28. The van der Waals surface area contributed by atoms with Crippen molar-refractivity contribution in [2.45, 2.75) is 26.2 Å². The lowest BCUT2D eigenvalue weighted by atomic mass is 10.1. The molecule has 3 rings (SSSR count). The van der Waals surface area contributed by atoms with Gasteiger partial charge in [-0.25, -0.2) is 4.39 Å². The molecule has 0 saturated carbocycles. The van der Waals surface area contributed by atoms with Crippen LogP contribution in [-0.4, -0.2) is 18.9 Å². The molecule has 0 aliphatic rings. The van der Waals surface area contributed by atoms with Gasteiger partial charge in [-0.3, -0.25) is 9.59 Å². The third-order valence-corrected chi connectivity index (χ3v) is 4.89. The van der Waals surface area contributed by atoms with Gasteiger partial charge in [0.2, 0.25) is 5.91 Å². The second-order valence-electron chi connectivity index (χ2n) is 7.10. The molecule has 3 aromatic rings. The van der Waals surface area contributed by atoms with Crippen molar-refractivity contribution in [3.05, 3.63) is 89.2 Å². The van der Waals surface area contributed by atoms with Crippen LogP contribution in [0.25, 0.3) is 0 Å². The number of aryl methyl sites for hydroxylation is 2. The Bertz CT molecular complexity index is 1060. The zero-order valence-electron chi connectivity index (χ0n) is 17.6. The fourth-order valence-corrected chi connectivity index (χ4v) is 3.13. The van der Waals surface area contributed by atoms with Crippen LogP contribution < -0.4 is 15.4 Å². The molecule has 0 aliphatic heterocycles. The summed E-state index contributed by atoms with van der Waals surface area (Å²) >= 11 is 0. The van der Waals surface area contributed by atoms with Crippen molar-refractivity contribution in [2.75, 3.05) is 17.7 Å². The predicted molar refractivity (Wildman–Crippen MR) is 120 cm³/mol. The second kappa shape index (κ2) is 10.4. The standard InChI is InChI=1S/C25H25FN2O3/c1-3-17-7-9-18(10-8-17)11-14-24(29)27-21-12-13-23(31-2)22(16-21)28-25(30)19-5-4-6-20(26)15-19/h4-10,12-13,15-16H,3,11,14H2,1-2H3,(H,27,29)(H,28,30). The van der Waals surface area contributed by atoms with E-state index in [1.165, 1.54) is 30.9 Å². The number of benzene rings is 3. The monoisotopic (exact) mass is 420 g/mol. The third-order valence-electron chi connectivity index (χ3n) is 4.89. The van der Waals surface area contributed by atoms with Crippen molar-refractivity contribution in [3.8, 4) is 5.75 Å². The van der Waals surface area contributed by atoms with Crippen LogP contribution in [0.1, 0.15) is 34.8 Å². The summed E-state index contributed by atoms with van der Waals surface area (Å²) in [5, 5.41) is 5.55. The van der Waals surface area contributed by atoms with Crippen molar-refractivity contribution < 1.29 is 18.7 Å². The van der Waals surface area contributed by atoms with Crippen LogP contribution in [-0.2, 0) is 17.6 Å². The van der Waals surface area contributed by atoms with Crippen LogP contribution in [0.5, 0.6) is 5.75 Å². The van der Waals surface area contributed by atoms with Gasteiger partial charge in [-0.15, -0.1) is 0 Å². The fourth-order valence-electron chi connectivity index (χ4n) is 3.13. The van der Waals surface area contributed by atoms with Crippen LogP contribution in [0.2, 0.25) is 0 Å². The average molecular weight is 420 g/mol. The summed E-state index contributed by atoms with van der Waals surface area (Å²) < 4.78 is 18.7. The Kier molecular flexibility index (Phi) is 7.38. The van der Waals surface area contributed by atoms with E-state index in [0.29, 0.717) is 30.0 Å². The molecule has 31 heavy (non-hydrogen) atoms. The summed E-state index contributed by atoms with van der Waals surface area (Å²) in [6.07, 6.45) is 1.95. The molecule has 6 heteroatoms. The molecule has 2 N–H and O–H groups in total. The molecule has 0 bridgehead atoms. The maximum absolute atomic E-state index is 13.4. The number of halogens is 1. The Morgan fingerprint density at radius 2 is 1.68 bits per heavy atom. The predicted octanol–water partition coefficient (Wildman–Crippen LogP) is 5.22. The van der Waals surface area contributed by atoms with Gasteiger partial charge in [0.15, 0.2) is 0 Å². The summed E-state index contributed by atoms with van der Waals surface area (Å²) in [5.74, 6) is -0.673. The normalized spacial score (nSPS) is 10.4. The first-order valence-corrected chi connectivity index (χ1v) is 10.1. The van der Waals surface area contributed by atoms with Crippen molar-refractivity contribution >= 4 is 23.2 Å². The number of rotatable bonds is 8. The molecule has 2 amide bonds. The number of hydrogen-bond acceptors (Lipinski definition) is 3. The van der Waals surface area contributed by atoms with Gasteiger partial charge in [-0.05, 0) is 60.4 Å². The Labute approximate surface area is 181 Å². The van der Waals surface area contributed by atoms with Gasteiger partial charge in [0.25, 0.3) is 5.91 Å². The number of amides is 2. The number of nitrogens with one attached hydrogen (secondary N) is 2. The summed E-state index contributed by atoms with van der Waals surface area (Å²) in [7, 11) is 1.48. The smallest absolute Gasteiger partial charge is 0.255 e. The van der Waals surface area contributed by atoms with E-state index in [0.717, 1.165) is 18.1 Å². The zero-order valence-corrected chi connectivity index (χ0v) is 17.6. The molecule has 0 saturated heterocycles. The lowest BCUT2D eigenvalue weighted by Crippen LogP contribution is -2.15. The third kappa shape index (κ3) is 6.15. The molecule has 0 spiro atoms. The minimum absolute atomic E-state index is 0.132. The van der Waals surface area contributed by atoms with E-state index in [-0.39, 0.29) is 11.5 Å². The lowest BCUT2D eigenvalue weighted by Gasteiger charge is -2.13. The lowest BCUT2D eigenvalue weighted by molar-refractivity contribution is -0.116. The van der Waals surface area contributed by atoms with E-state index in [2.05, 4.69) is 29.7 Å². The van der Waals surface area contributed by atoms with Gasteiger partial charge in [-0.2, -0.15) is 0 Å². The van der Waals surface area contributed by atoms with Crippen molar-refractivity contribution in [2.24, 2.45) is 0 Å². The Morgan fingerprint density at radius 3 is 2.35 bits per heavy atom. The highest BCUT2D eigenvalue weighted by atomic mass is 19.1. The molecule has 160 valence electrons. The van der Waals surface area contributed by atoms with Gasteiger partial charge in [0.1, 0.15) is 11.6 Å².